The molecule has 0 aliphatic carbocycles. The summed E-state index contributed by atoms with van der Waals surface area (Å²) in [6, 6.07) is 11.3. The molecule has 0 saturated heterocycles. The number of hydrogen-bond donors (Lipinski definition) is 2. The van der Waals surface area contributed by atoms with E-state index in [-0.39, 0.29) is 16.1 Å². The van der Waals surface area contributed by atoms with Crippen molar-refractivity contribution >= 4 is 33.3 Å². The molecule has 1 heterocycles. The molecule has 0 spiro atoms. The number of halogens is 1. The molecule has 0 atom stereocenters. The van der Waals surface area contributed by atoms with Crippen molar-refractivity contribution in [2.24, 2.45) is 0 Å². The Morgan fingerprint density at radius 1 is 1.16 bits per heavy atom. The molecule has 0 unspecified atom stereocenters. The van der Waals surface area contributed by atoms with E-state index in [1.165, 1.54) is 35.0 Å². The van der Waals surface area contributed by atoms with Gasteiger partial charge in [0.1, 0.15) is 0 Å². The van der Waals surface area contributed by atoms with E-state index in [1.807, 2.05) is 0 Å². The molecule has 2 aromatic carbocycles. The van der Waals surface area contributed by atoms with E-state index >= 15 is 0 Å². The highest BCUT2D eigenvalue weighted by Crippen LogP contribution is 2.26. The maximum absolute atomic E-state index is 12.6. The number of rotatable bonds is 5. The average molecular weight is 378 g/mol. The lowest BCUT2D eigenvalue weighted by atomic mass is 10.2. The smallest absolute Gasteiger partial charge is 0.335 e. The van der Waals surface area contributed by atoms with E-state index in [2.05, 4.69) is 9.82 Å². The first-order chi connectivity index (χ1) is 11.9. The zero-order valence-corrected chi connectivity index (χ0v) is 14.2. The van der Waals surface area contributed by atoms with E-state index in [0.717, 1.165) is 0 Å². The molecule has 3 aromatic rings. The molecule has 0 fully saturated rings. The van der Waals surface area contributed by atoms with Crippen molar-refractivity contribution in [1.29, 1.82) is 0 Å². The minimum atomic E-state index is -3.93. The van der Waals surface area contributed by atoms with E-state index in [1.54, 1.807) is 30.6 Å². The monoisotopic (exact) mass is 377 g/mol. The molecule has 9 heteroatoms. The van der Waals surface area contributed by atoms with Crippen LogP contribution in [0.1, 0.15) is 10.4 Å². The number of carboxylic acid groups (broad SMARTS) is 1. The van der Waals surface area contributed by atoms with Crippen LogP contribution < -0.4 is 4.72 Å². The van der Waals surface area contributed by atoms with Gasteiger partial charge in [0.05, 0.1) is 21.8 Å². The number of carbonyl (C=O) groups is 1. The van der Waals surface area contributed by atoms with Crippen LogP contribution >= 0.6 is 11.6 Å². The Balaban J connectivity index is 1.98. The molecule has 1 aromatic heterocycles. The summed E-state index contributed by atoms with van der Waals surface area (Å²) in [5.41, 5.74) is 0.748. The number of aromatic carboxylic acids is 1. The molecule has 3 rings (SSSR count). The van der Waals surface area contributed by atoms with Crippen molar-refractivity contribution in [3.63, 3.8) is 0 Å². The van der Waals surface area contributed by atoms with Gasteiger partial charge in [-0.3, -0.25) is 4.72 Å². The molecule has 0 aliphatic heterocycles. The standard InChI is InChI=1S/C16H12ClN3O4S/c17-12-4-7-15(20-9-1-8-18-20)14(10-12)19-25(23,24)13-5-2-11(3-6-13)16(21)22/h1-10,19H,(H,21,22). The number of hydrogen-bond acceptors (Lipinski definition) is 4. The van der Waals surface area contributed by atoms with Crippen molar-refractivity contribution < 1.29 is 18.3 Å². The zero-order valence-electron chi connectivity index (χ0n) is 12.6. The average Bonchev–Trinajstić information content (AvgIpc) is 3.09. The first-order valence-electron chi connectivity index (χ1n) is 7.02. The molecule has 0 aliphatic rings. The molecule has 7 nitrogen and oxygen atoms in total. The Morgan fingerprint density at radius 2 is 1.88 bits per heavy atom. The van der Waals surface area contributed by atoms with Gasteiger partial charge in [-0.15, -0.1) is 0 Å². The number of benzene rings is 2. The van der Waals surface area contributed by atoms with Crippen LogP contribution in [0.2, 0.25) is 5.02 Å². The fraction of sp³-hybridized carbons (Fsp3) is 0. The number of aromatic nitrogens is 2. The molecule has 0 amide bonds. The van der Waals surface area contributed by atoms with Crippen LogP contribution in [-0.4, -0.2) is 29.3 Å². The Kier molecular flexibility index (Phi) is 4.47. The van der Waals surface area contributed by atoms with Crippen molar-refractivity contribution in [3.8, 4) is 5.69 Å². The summed E-state index contributed by atoms with van der Waals surface area (Å²) >= 11 is 5.98. The third kappa shape index (κ3) is 3.65. The Hall–Kier alpha value is -2.84. The summed E-state index contributed by atoms with van der Waals surface area (Å²) in [6.45, 7) is 0. The zero-order chi connectivity index (χ0) is 18.0. The second-order valence-electron chi connectivity index (χ2n) is 5.05. The lowest BCUT2D eigenvalue weighted by Gasteiger charge is -2.13. The molecule has 2 N–H and O–H groups in total. The van der Waals surface area contributed by atoms with Crippen molar-refractivity contribution in [3.05, 3.63) is 71.5 Å². The third-order valence-electron chi connectivity index (χ3n) is 3.37. The third-order valence-corrected chi connectivity index (χ3v) is 4.98. The van der Waals surface area contributed by atoms with Crippen molar-refractivity contribution in [2.45, 2.75) is 4.90 Å². The van der Waals surface area contributed by atoms with Crippen LogP contribution in [0, 0.1) is 0 Å². The van der Waals surface area contributed by atoms with Crippen molar-refractivity contribution in [2.75, 3.05) is 4.72 Å². The molecule has 0 radical (unpaired) electrons. The minimum absolute atomic E-state index is 0.000985. The van der Waals surface area contributed by atoms with Gasteiger partial charge in [-0.1, -0.05) is 11.6 Å². The number of carboxylic acids is 1. The molecule has 0 saturated carbocycles. The molecule has 0 bridgehead atoms. The van der Waals surface area contributed by atoms with Crippen LogP contribution in [0.5, 0.6) is 0 Å². The lowest BCUT2D eigenvalue weighted by Crippen LogP contribution is -2.15. The van der Waals surface area contributed by atoms with Gasteiger partial charge in [0.25, 0.3) is 10.0 Å². The quantitative estimate of drug-likeness (QED) is 0.711. The van der Waals surface area contributed by atoms with E-state index in [0.29, 0.717) is 10.7 Å². The van der Waals surface area contributed by atoms with Gasteiger partial charge in [0.15, 0.2) is 0 Å². The number of sulfonamides is 1. The molecule has 128 valence electrons. The predicted molar refractivity (Wildman–Crippen MR) is 92.8 cm³/mol. The maximum Gasteiger partial charge on any atom is 0.335 e. The highest BCUT2D eigenvalue weighted by atomic mass is 35.5. The SMILES string of the molecule is O=C(O)c1ccc(S(=O)(=O)Nc2cc(Cl)ccc2-n2cccn2)cc1. The van der Waals surface area contributed by atoms with Crippen LogP contribution in [0.3, 0.4) is 0 Å². The molecule has 25 heavy (non-hydrogen) atoms. The highest BCUT2D eigenvalue weighted by molar-refractivity contribution is 7.92. The van der Waals surface area contributed by atoms with Gasteiger partial charge < -0.3 is 5.11 Å². The van der Waals surface area contributed by atoms with Gasteiger partial charge in [-0.05, 0) is 48.5 Å². The van der Waals surface area contributed by atoms with E-state index in [4.69, 9.17) is 16.7 Å². The van der Waals surface area contributed by atoms with Gasteiger partial charge in [-0.25, -0.2) is 17.9 Å². The normalized spacial score (nSPS) is 11.2. The lowest BCUT2D eigenvalue weighted by molar-refractivity contribution is 0.0696. The molecular formula is C16H12ClN3O4S. The predicted octanol–water partition coefficient (Wildman–Crippen LogP) is 3.02. The van der Waals surface area contributed by atoms with Gasteiger partial charge in [0.2, 0.25) is 0 Å². The summed E-state index contributed by atoms with van der Waals surface area (Å²) in [5.74, 6) is -1.13. The maximum atomic E-state index is 12.6. The van der Waals surface area contributed by atoms with Gasteiger partial charge in [-0.2, -0.15) is 5.10 Å². The first kappa shape index (κ1) is 17.0. The fourth-order valence-electron chi connectivity index (χ4n) is 2.18. The Morgan fingerprint density at radius 3 is 2.48 bits per heavy atom. The van der Waals surface area contributed by atoms with Gasteiger partial charge in [0, 0.05) is 17.4 Å². The number of nitrogens with zero attached hydrogens (tertiary/aromatic N) is 2. The highest BCUT2D eigenvalue weighted by Gasteiger charge is 2.18. The summed E-state index contributed by atoms with van der Waals surface area (Å²) in [6.07, 6.45) is 3.24. The number of nitrogens with one attached hydrogen (secondary N) is 1. The minimum Gasteiger partial charge on any atom is -0.478 e. The van der Waals surface area contributed by atoms with Crippen molar-refractivity contribution in [1.82, 2.24) is 9.78 Å². The number of anilines is 1. The molecular weight excluding hydrogens is 366 g/mol. The Labute approximate surface area is 148 Å². The summed E-state index contributed by atoms with van der Waals surface area (Å²) in [7, 11) is -3.93. The second-order valence-corrected chi connectivity index (χ2v) is 7.17. The largest absolute Gasteiger partial charge is 0.478 e. The second kappa shape index (κ2) is 6.58. The summed E-state index contributed by atoms with van der Waals surface area (Å²) in [4.78, 5) is 10.8. The summed E-state index contributed by atoms with van der Waals surface area (Å²) < 4.78 is 29.1. The van der Waals surface area contributed by atoms with Crippen LogP contribution in [0.15, 0.2) is 65.8 Å². The first-order valence-corrected chi connectivity index (χ1v) is 8.89. The van der Waals surface area contributed by atoms with Crippen LogP contribution in [0.4, 0.5) is 5.69 Å². The fourth-order valence-corrected chi connectivity index (χ4v) is 3.42. The van der Waals surface area contributed by atoms with Gasteiger partial charge >= 0.3 is 5.97 Å². The topological polar surface area (TPSA) is 101 Å². The van der Waals surface area contributed by atoms with E-state index in [9.17, 15) is 13.2 Å². The summed E-state index contributed by atoms with van der Waals surface area (Å²) in [5, 5.41) is 13.3. The van der Waals surface area contributed by atoms with Crippen LogP contribution in [0.25, 0.3) is 5.69 Å². The van der Waals surface area contributed by atoms with Crippen LogP contribution in [-0.2, 0) is 10.0 Å². The van der Waals surface area contributed by atoms with E-state index < -0.39 is 16.0 Å². The Bertz CT molecular complexity index is 1020.